The largest absolute Gasteiger partial charge is 0.456 e. The van der Waals surface area contributed by atoms with E-state index >= 15 is 0 Å². The van der Waals surface area contributed by atoms with Crippen LogP contribution in [-0.4, -0.2) is 0 Å². The maximum atomic E-state index is 6.46. The van der Waals surface area contributed by atoms with E-state index in [-0.39, 0.29) is 0 Å². The van der Waals surface area contributed by atoms with E-state index in [9.17, 15) is 0 Å². The Hall–Kier alpha value is -3.84. The molecule has 7 unspecified atom stereocenters. The van der Waals surface area contributed by atoms with Crippen molar-refractivity contribution >= 4 is 17.0 Å². The Labute approximate surface area is 255 Å². The predicted molar refractivity (Wildman–Crippen MR) is 178 cm³/mol. The summed E-state index contributed by atoms with van der Waals surface area (Å²) in [6.07, 6.45) is 46.5. The zero-order valence-electron chi connectivity index (χ0n) is 24.9. The molecule has 1 fully saturated rings. The van der Waals surface area contributed by atoms with Gasteiger partial charge in [0.15, 0.2) is 0 Å². The van der Waals surface area contributed by atoms with Crippen LogP contribution in [0.3, 0.4) is 0 Å². The van der Waals surface area contributed by atoms with E-state index in [0.717, 1.165) is 24.2 Å². The molecule has 0 bridgehead atoms. The van der Waals surface area contributed by atoms with Gasteiger partial charge >= 0.3 is 0 Å². The van der Waals surface area contributed by atoms with Gasteiger partial charge in [-0.25, -0.2) is 0 Å². The standard InChI is InChI=1S/C42H40O/c1-2-12-27(13-3-1)31-16-6-7-17-32(31)42-35-20-10-8-18-33(35)41(34-19-9-11-21-36(34)42)30-22-23-39-37(25-30)38-24-28-14-4-5-15-29(28)26-40(38)43-39/h2,4-8,10,12-16,18-20,22-23,25-26,28,32-33,35-36,41-42H,1,3,9,11,17,21,24H2. The summed E-state index contributed by atoms with van der Waals surface area (Å²) in [5.41, 5.74) is 10.1. The van der Waals surface area contributed by atoms with E-state index in [4.69, 9.17) is 4.42 Å². The molecular weight excluding hydrogens is 520 g/mol. The van der Waals surface area contributed by atoms with Gasteiger partial charge in [0, 0.05) is 22.8 Å². The van der Waals surface area contributed by atoms with Gasteiger partial charge in [0.2, 0.25) is 0 Å². The van der Waals surface area contributed by atoms with Crippen LogP contribution in [0, 0.1) is 35.5 Å². The number of fused-ring (bicyclic) bond motifs is 6. The summed E-state index contributed by atoms with van der Waals surface area (Å²) in [5.74, 6) is 4.79. The molecule has 7 atom stereocenters. The molecule has 1 aromatic carbocycles. The third-order valence-electron chi connectivity index (χ3n) is 11.5. The Balaban J connectivity index is 1.14. The maximum Gasteiger partial charge on any atom is 0.135 e. The highest BCUT2D eigenvalue weighted by atomic mass is 16.3. The molecule has 0 radical (unpaired) electrons. The molecule has 1 nitrogen and oxygen atoms in total. The molecule has 1 heterocycles. The molecular formula is C42H40O. The molecule has 7 aliphatic rings. The van der Waals surface area contributed by atoms with Crippen LogP contribution in [0.2, 0.25) is 0 Å². The van der Waals surface area contributed by atoms with E-state index < -0.39 is 0 Å². The van der Waals surface area contributed by atoms with Crippen LogP contribution in [-0.2, 0) is 6.42 Å². The smallest absolute Gasteiger partial charge is 0.135 e. The maximum absolute atomic E-state index is 6.46. The number of rotatable bonds is 3. The fraction of sp³-hybridized carbons (Fsp3) is 0.333. The second kappa shape index (κ2) is 10.4. The van der Waals surface area contributed by atoms with Crippen LogP contribution in [0.4, 0.5) is 0 Å². The summed E-state index contributed by atoms with van der Waals surface area (Å²) >= 11 is 0. The number of hydrogen-bond acceptors (Lipinski definition) is 1. The van der Waals surface area contributed by atoms with Crippen molar-refractivity contribution < 1.29 is 4.42 Å². The van der Waals surface area contributed by atoms with Gasteiger partial charge in [0.1, 0.15) is 11.3 Å². The highest BCUT2D eigenvalue weighted by Gasteiger charge is 2.50. The first-order valence-electron chi connectivity index (χ1n) is 16.7. The molecule has 0 spiro atoms. The van der Waals surface area contributed by atoms with E-state index in [1.807, 2.05) is 0 Å². The second-order valence-corrected chi connectivity index (χ2v) is 13.7. The zero-order chi connectivity index (χ0) is 28.3. The minimum absolute atomic E-state index is 0.426. The first-order chi connectivity index (χ1) is 21.3. The Morgan fingerprint density at radius 1 is 0.791 bits per heavy atom. The van der Waals surface area contributed by atoms with Crippen LogP contribution in [0.25, 0.3) is 17.0 Å². The van der Waals surface area contributed by atoms with Crippen LogP contribution >= 0.6 is 0 Å². The number of benzene rings is 1. The highest BCUT2D eigenvalue weighted by Crippen LogP contribution is 2.59. The molecule has 2 aromatic rings. The van der Waals surface area contributed by atoms with E-state index in [0.29, 0.717) is 41.4 Å². The topological polar surface area (TPSA) is 13.1 Å². The van der Waals surface area contributed by atoms with Crippen molar-refractivity contribution in [2.24, 2.45) is 35.5 Å². The van der Waals surface area contributed by atoms with Crippen molar-refractivity contribution in [1.29, 1.82) is 0 Å². The van der Waals surface area contributed by atoms with Crippen LogP contribution in [0.1, 0.15) is 61.3 Å². The summed E-state index contributed by atoms with van der Waals surface area (Å²) < 4.78 is 6.46. The third kappa shape index (κ3) is 4.19. The minimum atomic E-state index is 0.426. The predicted octanol–water partition coefficient (Wildman–Crippen LogP) is 10.7. The van der Waals surface area contributed by atoms with Crippen molar-refractivity contribution in [2.75, 3.05) is 0 Å². The number of hydrogen-bond donors (Lipinski definition) is 0. The molecule has 9 rings (SSSR count). The van der Waals surface area contributed by atoms with Gasteiger partial charge in [-0.2, -0.15) is 0 Å². The lowest BCUT2D eigenvalue weighted by atomic mass is 9.51. The van der Waals surface area contributed by atoms with Gasteiger partial charge in [-0.3, -0.25) is 0 Å². The van der Waals surface area contributed by atoms with E-state index in [1.54, 1.807) is 11.1 Å². The molecule has 0 N–H and O–H groups in total. The fourth-order valence-corrected chi connectivity index (χ4v) is 9.68. The Kier molecular flexibility index (Phi) is 6.20. The van der Waals surface area contributed by atoms with Gasteiger partial charge in [-0.05, 0) is 115 Å². The lowest BCUT2D eigenvalue weighted by molar-refractivity contribution is 0.120. The summed E-state index contributed by atoms with van der Waals surface area (Å²) in [5, 5.41) is 1.33. The Morgan fingerprint density at radius 2 is 1.72 bits per heavy atom. The van der Waals surface area contributed by atoms with Crippen LogP contribution in [0.15, 0.2) is 136 Å². The normalized spacial score (nSPS) is 33.6. The number of allylic oxidation sites excluding steroid dienone is 19. The average Bonchev–Trinajstić information content (AvgIpc) is 3.43. The van der Waals surface area contributed by atoms with Crippen LogP contribution < -0.4 is 0 Å². The fourth-order valence-electron chi connectivity index (χ4n) is 9.68. The van der Waals surface area contributed by atoms with Gasteiger partial charge in [0.05, 0.1) is 0 Å². The van der Waals surface area contributed by atoms with Crippen molar-refractivity contribution in [1.82, 2.24) is 0 Å². The zero-order valence-corrected chi connectivity index (χ0v) is 24.9. The van der Waals surface area contributed by atoms with Gasteiger partial charge < -0.3 is 4.42 Å². The van der Waals surface area contributed by atoms with Gasteiger partial charge in [-0.1, -0.05) is 103 Å². The van der Waals surface area contributed by atoms with Crippen molar-refractivity contribution in [3.05, 3.63) is 149 Å². The molecule has 214 valence electrons. The minimum Gasteiger partial charge on any atom is -0.456 e. The van der Waals surface area contributed by atoms with Crippen molar-refractivity contribution in [3.63, 3.8) is 0 Å². The lowest BCUT2D eigenvalue weighted by Crippen LogP contribution is -2.45. The van der Waals surface area contributed by atoms with Gasteiger partial charge in [-0.15, -0.1) is 0 Å². The molecule has 0 saturated heterocycles. The number of furan rings is 1. The SMILES string of the molecule is C1=CCC(C2C3CCCC=C3C(c3ccc4oc5c(c4c3)CC3C=CC=CC3=C5)C3C=CC=CC32)C(C2=CCCC=C2)=C1. The Bertz CT molecular complexity index is 1780. The first-order valence-corrected chi connectivity index (χ1v) is 16.7. The molecule has 1 saturated carbocycles. The third-order valence-corrected chi connectivity index (χ3v) is 11.5. The molecule has 7 aliphatic carbocycles. The second-order valence-electron chi connectivity index (χ2n) is 13.7. The summed E-state index contributed by atoms with van der Waals surface area (Å²) in [6.45, 7) is 0. The molecule has 0 aliphatic heterocycles. The summed E-state index contributed by atoms with van der Waals surface area (Å²) in [6, 6.07) is 7.18. The quantitative estimate of drug-likeness (QED) is 0.340. The highest BCUT2D eigenvalue weighted by molar-refractivity contribution is 5.87. The van der Waals surface area contributed by atoms with Crippen molar-refractivity contribution in [2.45, 2.75) is 50.9 Å². The molecule has 1 heteroatoms. The molecule has 43 heavy (non-hydrogen) atoms. The monoisotopic (exact) mass is 560 g/mol. The van der Waals surface area contributed by atoms with E-state index in [2.05, 4.69) is 115 Å². The van der Waals surface area contributed by atoms with Crippen LogP contribution in [0.5, 0.6) is 0 Å². The van der Waals surface area contributed by atoms with E-state index in [1.165, 1.54) is 59.8 Å². The molecule has 1 aromatic heterocycles. The average molecular weight is 561 g/mol. The molecule has 0 amide bonds. The Morgan fingerprint density at radius 3 is 2.65 bits per heavy atom. The van der Waals surface area contributed by atoms with Gasteiger partial charge in [0.25, 0.3) is 0 Å². The van der Waals surface area contributed by atoms with Crippen molar-refractivity contribution in [3.8, 4) is 0 Å². The lowest BCUT2D eigenvalue weighted by Gasteiger charge is -2.53. The first kappa shape index (κ1) is 25.6. The summed E-state index contributed by atoms with van der Waals surface area (Å²) in [7, 11) is 0. The summed E-state index contributed by atoms with van der Waals surface area (Å²) in [4.78, 5) is 0.